The minimum absolute atomic E-state index is 0.0860. The van der Waals surface area contributed by atoms with Gasteiger partial charge in [0.25, 0.3) is 0 Å². The van der Waals surface area contributed by atoms with Crippen molar-refractivity contribution in [3.05, 3.63) is 36.4 Å². The number of sulfonamides is 1. The second-order valence-corrected chi connectivity index (χ2v) is 16.4. The van der Waals surface area contributed by atoms with Gasteiger partial charge in [-0.25, -0.2) is 8.42 Å². The average molecular weight is 614 g/mol. The summed E-state index contributed by atoms with van der Waals surface area (Å²) in [6.45, 7) is 8.58. The molecule has 4 fully saturated rings. The van der Waals surface area contributed by atoms with E-state index in [0.717, 1.165) is 81.9 Å². The molecule has 0 N–H and O–H groups in total. The summed E-state index contributed by atoms with van der Waals surface area (Å²) < 4.78 is 48.9. The summed E-state index contributed by atoms with van der Waals surface area (Å²) in [4.78, 5) is 13.9. The number of rotatable bonds is 11. The zero-order chi connectivity index (χ0) is 30.2. The monoisotopic (exact) mass is 613 g/mol. The molecule has 4 aliphatic carbocycles. The molecule has 4 atom stereocenters. The van der Waals surface area contributed by atoms with E-state index in [1.165, 1.54) is 12.8 Å². The van der Waals surface area contributed by atoms with Crippen molar-refractivity contribution in [1.29, 1.82) is 0 Å². The van der Waals surface area contributed by atoms with E-state index < -0.39 is 27.5 Å². The van der Waals surface area contributed by atoms with Crippen LogP contribution in [-0.4, -0.2) is 49.4 Å². The Morgan fingerprint density at radius 3 is 2.30 bits per heavy atom. The summed E-state index contributed by atoms with van der Waals surface area (Å²) in [5.41, 5.74) is 0.181. The molecule has 0 amide bonds. The van der Waals surface area contributed by atoms with Crippen LogP contribution in [0.25, 0.3) is 0 Å². The largest absolute Gasteiger partial charge is 0.461 e. The van der Waals surface area contributed by atoms with Gasteiger partial charge in [0, 0.05) is 17.5 Å². The molecule has 1 heterocycles. The lowest BCUT2D eigenvalue weighted by Crippen LogP contribution is -2.54. The molecule has 8 heteroatoms. The van der Waals surface area contributed by atoms with Crippen LogP contribution in [0, 0.1) is 22.7 Å². The first-order valence-electron chi connectivity index (χ1n) is 16.9. The van der Waals surface area contributed by atoms with Gasteiger partial charge >= 0.3 is 5.97 Å². The maximum Gasteiger partial charge on any atom is 0.309 e. The van der Waals surface area contributed by atoms with Crippen LogP contribution in [0.1, 0.15) is 109 Å². The van der Waals surface area contributed by atoms with E-state index in [-0.39, 0.29) is 36.0 Å². The molecule has 0 radical (unpaired) electrons. The van der Waals surface area contributed by atoms with Crippen molar-refractivity contribution in [3.63, 3.8) is 0 Å². The first-order valence-corrected chi connectivity index (χ1v) is 18.5. The number of carbonyl (C=O) groups is 1. The quantitative estimate of drug-likeness (QED) is 0.194. The number of fused-ring (bicyclic) bond motifs is 3. The van der Waals surface area contributed by atoms with Crippen LogP contribution >= 0.6 is 0 Å². The molecule has 1 aromatic carbocycles. The minimum atomic E-state index is -3.57. The van der Waals surface area contributed by atoms with Crippen molar-refractivity contribution in [3.8, 4) is 11.5 Å². The van der Waals surface area contributed by atoms with Crippen molar-refractivity contribution in [2.45, 2.75) is 128 Å². The number of allylic oxidation sites excluding steroid dienone is 1. The first-order chi connectivity index (χ1) is 20.6. The Balaban J connectivity index is 1.24. The third kappa shape index (κ3) is 5.87. The van der Waals surface area contributed by atoms with E-state index in [9.17, 15) is 13.2 Å². The molecule has 238 valence electrons. The highest BCUT2D eigenvalue weighted by Gasteiger charge is 2.67. The molecule has 0 saturated heterocycles. The predicted molar refractivity (Wildman–Crippen MR) is 167 cm³/mol. The number of esters is 1. The van der Waals surface area contributed by atoms with Gasteiger partial charge in [0.15, 0.2) is 11.5 Å². The van der Waals surface area contributed by atoms with E-state index in [1.807, 2.05) is 22.5 Å². The predicted octanol–water partition coefficient (Wildman–Crippen LogP) is 7.19. The summed E-state index contributed by atoms with van der Waals surface area (Å²) in [6, 6.07) is 6.01. The molecule has 43 heavy (non-hydrogen) atoms. The van der Waals surface area contributed by atoms with Gasteiger partial charge in [-0.1, -0.05) is 64.5 Å². The zero-order valence-electron chi connectivity index (χ0n) is 26.2. The van der Waals surface area contributed by atoms with Crippen LogP contribution in [0.2, 0.25) is 0 Å². The molecule has 6 rings (SSSR count). The summed E-state index contributed by atoms with van der Waals surface area (Å²) in [5, 5.41) is 0. The van der Waals surface area contributed by atoms with E-state index >= 15 is 0 Å². The molecule has 1 aromatic rings. The Hall–Kier alpha value is -2.06. The van der Waals surface area contributed by atoms with Gasteiger partial charge in [-0.05, 0) is 86.8 Å². The molecule has 7 nitrogen and oxygen atoms in total. The van der Waals surface area contributed by atoms with Gasteiger partial charge in [-0.15, -0.1) is 6.58 Å². The van der Waals surface area contributed by atoms with E-state index in [0.29, 0.717) is 24.5 Å². The number of benzene rings is 1. The standard InChI is InChI=1S/C35H51NO6S/c1-4-11-26(20-25-16-17-30-31(21-25)41-24-40-30)33(37)42-32-22-27-18-19-35(32,34(27,2)3)23-43(38,39)36(28-12-7-5-8-13-28)29-14-9-6-10-15-29/h4,16-17,21,26-29,32H,1,5-15,18-20,22-24H2,2-3H3/t26-,27-,32-,35-/m0/s1. The lowest BCUT2D eigenvalue weighted by Gasteiger charge is -2.46. The molecule has 0 spiro atoms. The molecule has 0 aromatic heterocycles. The van der Waals surface area contributed by atoms with Crippen LogP contribution in [0.5, 0.6) is 11.5 Å². The minimum Gasteiger partial charge on any atom is -0.461 e. The Kier molecular flexibility index (Phi) is 8.91. The van der Waals surface area contributed by atoms with Gasteiger partial charge in [0.1, 0.15) is 6.10 Å². The maximum atomic E-state index is 14.7. The first kappa shape index (κ1) is 30.9. The Morgan fingerprint density at radius 1 is 1.02 bits per heavy atom. The van der Waals surface area contributed by atoms with Crippen molar-refractivity contribution in [2.24, 2.45) is 22.7 Å². The lowest BCUT2D eigenvalue weighted by molar-refractivity contribution is -0.161. The fourth-order valence-corrected chi connectivity index (χ4v) is 12.2. The second kappa shape index (κ2) is 12.4. The van der Waals surface area contributed by atoms with E-state index in [2.05, 4.69) is 20.4 Å². The number of hydrogen-bond donors (Lipinski definition) is 0. The molecule has 2 bridgehead atoms. The molecule has 5 aliphatic rings. The van der Waals surface area contributed by atoms with E-state index in [1.54, 1.807) is 6.08 Å². The second-order valence-electron chi connectivity index (χ2n) is 14.6. The Bertz CT molecular complexity index is 1260. The lowest BCUT2D eigenvalue weighted by atomic mass is 9.69. The van der Waals surface area contributed by atoms with Gasteiger partial charge in [-0.2, -0.15) is 4.31 Å². The maximum absolute atomic E-state index is 14.7. The topological polar surface area (TPSA) is 82.1 Å². The molecule has 4 saturated carbocycles. The summed E-state index contributed by atoms with van der Waals surface area (Å²) >= 11 is 0. The number of nitrogens with zero attached hydrogens (tertiary/aromatic N) is 1. The summed E-state index contributed by atoms with van der Waals surface area (Å²) in [5.74, 6) is 1.21. The molecule has 1 aliphatic heterocycles. The van der Waals surface area contributed by atoms with Crippen LogP contribution in [0.15, 0.2) is 30.9 Å². The fraction of sp³-hybridized carbons (Fsp3) is 0.743. The van der Waals surface area contributed by atoms with E-state index in [4.69, 9.17) is 14.2 Å². The van der Waals surface area contributed by atoms with Gasteiger partial charge in [0.05, 0.1) is 11.7 Å². The zero-order valence-corrected chi connectivity index (χ0v) is 27.0. The van der Waals surface area contributed by atoms with Gasteiger partial charge in [0.2, 0.25) is 16.8 Å². The Labute approximate surface area is 258 Å². The summed E-state index contributed by atoms with van der Waals surface area (Å²) in [6.07, 6.45) is 15.6. The smallest absolute Gasteiger partial charge is 0.309 e. The molecular formula is C35H51NO6S. The highest BCUT2D eigenvalue weighted by atomic mass is 32.2. The third-order valence-electron chi connectivity index (χ3n) is 12.0. The average Bonchev–Trinajstić information content (AvgIpc) is 3.61. The number of hydrogen-bond acceptors (Lipinski definition) is 6. The van der Waals surface area contributed by atoms with Crippen LogP contribution in [-0.2, 0) is 26.0 Å². The van der Waals surface area contributed by atoms with Crippen LogP contribution in [0.3, 0.4) is 0 Å². The molecule has 0 unspecified atom stereocenters. The van der Waals surface area contributed by atoms with Crippen molar-refractivity contribution >= 4 is 16.0 Å². The van der Waals surface area contributed by atoms with Crippen molar-refractivity contribution in [1.82, 2.24) is 4.31 Å². The summed E-state index contributed by atoms with van der Waals surface area (Å²) in [7, 11) is -3.57. The molecular weight excluding hydrogens is 562 g/mol. The Morgan fingerprint density at radius 2 is 1.67 bits per heavy atom. The van der Waals surface area contributed by atoms with Crippen molar-refractivity contribution < 1.29 is 27.4 Å². The highest BCUT2D eigenvalue weighted by molar-refractivity contribution is 7.89. The van der Waals surface area contributed by atoms with Crippen LogP contribution < -0.4 is 9.47 Å². The van der Waals surface area contributed by atoms with Crippen molar-refractivity contribution in [2.75, 3.05) is 12.5 Å². The normalized spacial score (nSPS) is 29.6. The van der Waals surface area contributed by atoms with Crippen LogP contribution in [0.4, 0.5) is 0 Å². The van der Waals surface area contributed by atoms with Gasteiger partial charge in [-0.3, -0.25) is 4.79 Å². The number of ether oxygens (including phenoxy) is 3. The fourth-order valence-electron chi connectivity index (χ4n) is 9.38. The third-order valence-corrected chi connectivity index (χ3v) is 14.1. The highest BCUT2D eigenvalue weighted by Crippen LogP contribution is 2.67. The SMILES string of the molecule is C=CC[C@@H](Cc1ccc2c(c1)OCO2)C(=O)O[C@H]1C[C@@H]2CC[C@@]1(CS(=O)(=O)N(C1CCCCC1)C1CCCCC1)C2(C)C. The number of carbonyl (C=O) groups excluding carboxylic acids is 1. The van der Waals surface area contributed by atoms with Gasteiger partial charge < -0.3 is 14.2 Å².